The van der Waals surface area contributed by atoms with E-state index in [4.69, 9.17) is 0 Å². The molecule has 0 aliphatic heterocycles. The molecule has 0 fully saturated rings. The van der Waals surface area contributed by atoms with Crippen molar-refractivity contribution in [2.75, 3.05) is 0 Å². The Bertz CT molecular complexity index is 535. The summed E-state index contributed by atoms with van der Waals surface area (Å²) < 4.78 is 2.03. The average Bonchev–Trinajstić information content (AvgIpc) is 2.57. The van der Waals surface area contributed by atoms with E-state index in [1.807, 2.05) is 23.2 Å². The second kappa shape index (κ2) is 4.03. The van der Waals surface area contributed by atoms with Crippen LogP contribution in [-0.2, 0) is 7.05 Å². The van der Waals surface area contributed by atoms with Crippen molar-refractivity contribution in [1.29, 1.82) is 0 Å². The largest absolute Gasteiger partial charge is 0.327 e. The predicted octanol–water partition coefficient (Wildman–Crippen LogP) is 2.94. The number of aromatic nitrogens is 1. The number of thiazole rings is 1. The topological polar surface area (TPSA) is 17.3 Å². The number of hydrogen-bond acceptors (Lipinski definition) is 2. The SMILES string of the molecule is Cc1ccc(N=c2sccn2C)c(C)c1. The van der Waals surface area contributed by atoms with E-state index in [9.17, 15) is 0 Å². The first-order valence-corrected chi connectivity index (χ1v) is 5.77. The number of benzene rings is 1. The molecule has 0 aliphatic rings. The van der Waals surface area contributed by atoms with E-state index in [0.717, 1.165) is 10.5 Å². The van der Waals surface area contributed by atoms with E-state index >= 15 is 0 Å². The summed E-state index contributed by atoms with van der Waals surface area (Å²) >= 11 is 1.65. The van der Waals surface area contributed by atoms with Gasteiger partial charge in [0, 0.05) is 18.6 Å². The quantitative estimate of drug-likeness (QED) is 0.700. The Morgan fingerprint density at radius 1 is 1.27 bits per heavy atom. The summed E-state index contributed by atoms with van der Waals surface area (Å²) in [6, 6.07) is 6.33. The zero-order chi connectivity index (χ0) is 10.8. The minimum absolute atomic E-state index is 1.03. The molecule has 1 aromatic heterocycles. The number of nitrogens with zero attached hydrogens (tertiary/aromatic N) is 2. The molecule has 0 amide bonds. The molecule has 3 heteroatoms. The molecule has 0 spiro atoms. The molecule has 0 bridgehead atoms. The van der Waals surface area contributed by atoms with Gasteiger partial charge in [-0.3, -0.25) is 0 Å². The molecule has 0 saturated heterocycles. The molecule has 15 heavy (non-hydrogen) atoms. The minimum atomic E-state index is 1.03. The van der Waals surface area contributed by atoms with Crippen LogP contribution in [0.25, 0.3) is 0 Å². The third-order valence-corrected chi connectivity index (χ3v) is 3.18. The minimum Gasteiger partial charge on any atom is -0.327 e. The van der Waals surface area contributed by atoms with Gasteiger partial charge in [-0.05, 0) is 25.5 Å². The van der Waals surface area contributed by atoms with Crippen LogP contribution in [-0.4, -0.2) is 4.57 Å². The molecule has 0 saturated carbocycles. The van der Waals surface area contributed by atoms with Crippen LogP contribution in [0.15, 0.2) is 34.8 Å². The zero-order valence-electron chi connectivity index (χ0n) is 9.19. The molecule has 0 N–H and O–H groups in total. The van der Waals surface area contributed by atoms with Crippen LogP contribution in [0.4, 0.5) is 5.69 Å². The first kappa shape index (κ1) is 10.2. The lowest BCUT2D eigenvalue weighted by molar-refractivity contribution is 0.873. The average molecular weight is 218 g/mol. The molecule has 78 valence electrons. The van der Waals surface area contributed by atoms with Crippen molar-refractivity contribution in [3.8, 4) is 0 Å². The lowest BCUT2D eigenvalue weighted by atomic mass is 10.1. The van der Waals surface area contributed by atoms with Gasteiger partial charge in [-0.1, -0.05) is 17.7 Å². The van der Waals surface area contributed by atoms with Crippen LogP contribution in [0.5, 0.6) is 0 Å². The highest BCUT2D eigenvalue weighted by Gasteiger charge is 1.96. The second-order valence-corrected chi connectivity index (χ2v) is 4.57. The number of hydrogen-bond donors (Lipinski definition) is 0. The molecule has 2 aromatic rings. The van der Waals surface area contributed by atoms with Crippen LogP contribution in [0.1, 0.15) is 11.1 Å². The fourth-order valence-electron chi connectivity index (χ4n) is 1.47. The Balaban J connectivity index is 2.53. The first-order valence-electron chi connectivity index (χ1n) is 4.89. The Labute approximate surface area is 93.5 Å². The van der Waals surface area contributed by atoms with Crippen molar-refractivity contribution in [2.45, 2.75) is 13.8 Å². The summed E-state index contributed by atoms with van der Waals surface area (Å²) in [5.41, 5.74) is 3.56. The highest BCUT2D eigenvalue weighted by molar-refractivity contribution is 7.07. The summed E-state index contributed by atoms with van der Waals surface area (Å²) in [6.45, 7) is 4.20. The summed E-state index contributed by atoms with van der Waals surface area (Å²) in [7, 11) is 2.01. The lowest BCUT2D eigenvalue weighted by Gasteiger charge is -2.00. The molecule has 2 nitrogen and oxygen atoms in total. The molecular weight excluding hydrogens is 204 g/mol. The highest BCUT2D eigenvalue weighted by atomic mass is 32.1. The Morgan fingerprint density at radius 3 is 2.67 bits per heavy atom. The van der Waals surface area contributed by atoms with Crippen LogP contribution in [0.3, 0.4) is 0 Å². The van der Waals surface area contributed by atoms with Crippen LogP contribution < -0.4 is 4.80 Å². The monoisotopic (exact) mass is 218 g/mol. The van der Waals surface area contributed by atoms with Crippen molar-refractivity contribution in [2.24, 2.45) is 12.0 Å². The summed E-state index contributed by atoms with van der Waals surface area (Å²) in [5, 5.41) is 2.04. The molecular formula is C12H14N2S. The molecule has 1 heterocycles. The summed E-state index contributed by atoms with van der Waals surface area (Å²) in [5.74, 6) is 0. The van der Waals surface area contributed by atoms with E-state index in [0.29, 0.717) is 0 Å². The fourth-order valence-corrected chi connectivity index (χ4v) is 2.21. The van der Waals surface area contributed by atoms with E-state index < -0.39 is 0 Å². The second-order valence-electron chi connectivity index (χ2n) is 3.70. The maximum atomic E-state index is 4.62. The number of aryl methyl sites for hydroxylation is 3. The van der Waals surface area contributed by atoms with Crippen molar-refractivity contribution >= 4 is 17.0 Å². The summed E-state index contributed by atoms with van der Waals surface area (Å²) in [6.07, 6.45) is 2.02. The third kappa shape index (κ3) is 2.18. The fraction of sp³-hybridized carbons (Fsp3) is 0.250. The van der Waals surface area contributed by atoms with E-state index in [1.165, 1.54) is 11.1 Å². The summed E-state index contributed by atoms with van der Waals surface area (Å²) in [4.78, 5) is 5.65. The zero-order valence-corrected chi connectivity index (χ0v) is 10.0. The molecule has 0 aliphatic carbocycles. The van der Waals surface area contributed by atoms with Gasteiger partial charge >= 0.3 is 0 Å². The first-order chi connectivity index (χ1) is 7.16. The van der Waals surface area contributed by atoms with Crippen LogP contribution in [0.2, 0.25) is 0 Å². The van der Waals surface area contributed by atoms with Gasteiger partial charge in [0.25, 0.3) is 0 Å². The van der Waals surface area contributed by atoms with Crippen molar-refractivity contribution < 1.29 is 0 Å². The van der Waals surface area contributed by atoms with Gasteiger partial charge in [-0.2, -0.15) is 0 Å². The van der Waals surface area contributed by atoms with E-state index in [-0.39, 0.29) is 0 Å². The highest BCUT2D eigenvalue weighted by Crippen LogP contribution is 2.18. The van der Waals surface area contributed by atoms with Gasteiger partial charge < -0.3 is 4.57 Å². The Morgan fingerprint density at radius 2 is 2.07 bits per heavy atom. The Kier molecular flexibility index (Phi) is 2.73. The normalized spacial score (nSPS) is 12.1. The number of rotatable bonds is 1. The Hall–Kier alpha value is -1.35. The maximum Gasteiger partial charge on any atom is 0.189 e. The van der Waals surface area contributed by atoms with Gasteiger partial charge in [-0.25, -0.2) is 4.99 Å². The standard InChI is InChI=1S/C12H14N2S/c1-9-4-5-11(10(2)8-9)13-12-14(3)6-7-15-12/h4-8H,1-3H3. The van der Waals surface area contributed by atoms with Gasteiger partial charge in [0.2, 0.25) is 0 Å². The van der Waals surface area contributed by atoms with Crippen LogP contribution in [0, 0.1) is 13.8 Å². The van der Waals surface area contributed by atoms with E-state index in [2.05, 4.69) is 37.0 Å². The van der Waals surface area contributed by atoms with Gasteiger partial charge in [0.15, 0.2) is 4.80 Å². The van der Waals surface area contributed by atoms with Gasteiger partial charge in [-0.15, -0.1) is 11.3 Å². The molecule has 1 aromatic carbocycles. The third-order valence-electron chi connectivity index (χ3n) is 2.33. The van der Waals surface area contributed by atoms with E-state index in [1.54, 1.807) is 11.3 Å². The van der Waals surface area contributed by atoms with Crippen LogP contribution >= 0.6 is 11.3 Å². The predicted molar refractivity (Wildman–Crippen MR) is 64.4 cm³/mol. The van der Waals surface area contributed by atoms with Gasteiger partial charge in [0.1, 0.15) is 0 Å². The maximum absolute atomic E-state index is 4.62. The molecule has 0 radical (unpaired) electrons. The van der Waals surface area contributed by atoms with Gasteiger partial charge in [0.05, 0.1) is 5.69 Å². The smallest absolute Gasteiger partial charge is 0.189 e. The molecule has 2 rings (SSSR count). The van der Waals surface area contributed by atoms with Crippen molar-refractivity contribution in [3.05, 3.63) is 45.7 Å². The molecule has 0 unspecified atom stereocenters. The lowest BCUT2D eigenvalue weighted by Crippen LogP contribution is -2.08. The molecule has 0 atom stereocenters. The van der Waals surface area contributed by atoms with Crippen molar-refractivity contribution in [3.63, 3.8) is 0 Å². The van der Waals surface area contributed by atoms with Crippen molar-refractivity contribution in [1.82, 2.24) is 4.57 Å².